The first-order valence-electron chi connectivity index (χ1n) is 16.7. The van der Waals surface area contributed by atoms with Crippen molar-refractivity contribution in [3.8, 4) is 5.88 Å². The van der Waals surface area contributed by atoms with Gasteiger partial charge in [-0.3, -0.25) is 19.2 Å². The number of nitrogens with zero attached hydrogens (tertiary/aromatic N) is 2. The highest BCUT2D eigenvalue weighted by molar-refractivity contribution is 7.93. The highest BCUT2D eigenvalue weighted by Gasteiger charge is 2.61. The molecular formula is C36H46ClN3O8S. The molecule has 2 amide bonds. The number of hydrogen-bond acceptors (Lipinski definition) is 9. The van der Waals surface area contributed by atoms with E-state index in [1.807, 2.05) is 45.0 Å². The number of carbonyl (C=O) groups excluding carboxylic acids is 4. The minimum Gasteiger partial charge on any atom is -0.472 e. The molecule has 11 nitrogen and oxygen atoms in total. The first kappa shape index (κ1) is 36.8. The number of rotatable bonds is 12. The average Bonchev–Trinajstić information content (AvgIpc) is 3.91. The fraction of sp³-hybridized carbons (Fsp3) is 0.583. The van der Waals surface area contributed by atoms with Crippen molar-refractivity contribution in [2.75, 3.05) is 12.3 Å². The van der Waals surface area contributed by atoms with Crippen molar-refractivity contribution in [1.29, 1.82) is 0 Å². The summed E-state index contributed by atoms with van der Waals surface area (Å²) in [6.45, 7) is 14.5. The van der Waals surface area contributed by atoms with Gasteiger partial charge in [0.05, 0.1) is 24.1 Å². The van der Waals surface area contributed by atoms with E-state index in [9.17, 15) is 27.6 Å². The van der Waals surface area contributed by atoms with Crippen molar-refractivity contribution in [3.05, 3.63) is 48.1 Å². The SMILES string of the molecule is C=C[C@@H]1C[C@]1(NC(=O)[C@@H]1C[C@@H](Oc2nc(Cl)cc3ccccc23)CN1C(=O)[C@@H](CC(=O)OC(C)(C)C)C(C)(C)C)C(=O)CS(=O)(=O)C1CC1. The van der Waals surface area contributed by atoms with Gasteiger partial charge >= 0.3 is 5.97 Å². The third-order valence-corrected chi connectivity index (χ3v) is 11.8. The predicted octanol–water partition coefficient (Wildman–Crippen LogP) is 4.84. The number of ketones is 1. The number of sulfone groups is 1. The molecule has 0 bridgehead atoms. The first-order valence-corrected chi connectivity index (χ1v) is 18.8. The number of ether oxygens (including phenoxy) is 2. The van der Waals surface area contributed by atoms with Crippen LogP contribution in [0.3, 0.4) is 0 Å². The van der Waals surface area contributed by atoms with Crippen LogP contribution in [0, 0.1) is 17.3 Å². The standard InChI is InChI=1S/C36H46ClN3O8S/c1-8-22-18-36(22,28(41)20-49(45,46)24-13-14-24)39-31(43)27-16-23(47-32-25-12-10-9-11-21(25)15-29(37)38-32)19-40(27)33(44)26(34(2,3)4)17-30(42)48-35(5,6)7/h8-12,15,22-24,26-27H,1,13-14,16-20H2,2-7H3,(H,39,43)/t22-,23-,26-,27+,36-/m1/s1. The second-order valence-corrected chi connectivity index (χ2v) is 18.3. The minimum atomic E-state index is -3.64. The Balaban J connectivity index is 1.45. The van der Waals surface area contributed by atoms with Crippen molar-refractivity contribution in [2.24, 2.45) is 17.3 Å². The Morgan fingerprint density at radius 3 is 2.41 bits per heavy atom. The van der Waals surface area contributed by atoms with Gasteiger partial charge in [0.15, 0.2) is 15.6 Å². The summed E-state index contributed by atoms with van der Waals surface area (Å²) in [5.74, 6) is -3.93. The molecule has 1 saturated heterocycles. The van der Waals surface area contributed by atoms with Crippen LogP contribution < -0.4 is 10.1 Å². The van der Waals surface area contributed by atoms with Crippen molar-refractivity contribution < 1.29 is 37.1 Å². The molecule has 2 aliphatic carbocycles. The van der Waals surface area contributed by atoms with Gasteiger partial charge in [0.1, 0.15) is 34.2 Å². The number of carbonyl (C=O) groups is 4. The van der Waals surface area contributed by atoms with Gasteiger partial charge in [-0.2, -0.15) is 0 Å². The van der Waals surface area contributed by atoms with Crippen LogP contribution in [0.25, 0.3) is 10.8 Å². The van der Waals surface area contributed by atoms with Crippen molar-refractivity contribution in [1.82, 2.24) is 15.2 Å². The largest absolute Gasteiger partial charge is 0.472 e. The van der Waals surface area contributed by atoms with Crippen LogP contribution in [-0.4, -0.2) is 82.7 Å². The van der Waals surface area contributed by atoms with E-state index in [0.29, 0.717) is 18.2 Å². The number of esters is 1. The predicted molar refractivity (Wildman–Crippen MR) is 186 cm³/mol. The number of benzene rings is 1. The summed E-state index contributed by atoms with van der Waals surface area (Å²) < 4.78 is 37.4. The Hall–Kier alpha value is -3.51. The lowest BCUT2D eigenvalue weighted by Crippen LogP contribution is -2.55. The van der Waals surface area contributed by atoms with E-state index >= 15 is 0 Å². The quantitative estimate of drug-likeness (QED) is 0.185. The van der Waals surface area contributed by atoms with E-state index in [1.165, 1.54) is 11.0 Å². The lowest BCUT2D eigenvalue weighted by Gasteiger charge is -2.35. The number of pyridine rings is 1. The molecular weight excluding hydrogens is 670 g/mol. The molecule has 1 aliphatic heterocycles. The number of amides is 2. The van der Waals surface area contributed by atoms with Crippen LogP contribution in [-0.2, 0) is 33.8 Å². The maximum Gasteiger partial charge on any atom is 0.307 e. The molecule has 0 radical (unpaired) electrons. The number of halogens is 1. The Kier molecular flexibility index (Phi) is 9.99. The summed E-state index contributed by atoms with van der Waals surface area (Å²) in [4.78, 5) is 61.0. The van der Waals surface area contributed by atoms with Crippen molar-refractivity contribution >= 4 is 55.8 Å². The summed E-state index contributed by atoms with van der Waals surface area (Å²) in [6.07, 6.45) is 1.93. The zero-order valence-corrected chi connectivity index (χ0v) is 30.5. The molecule has 1 aromatic heterocycles. The number of hydrogen-bond donors (Lipinski definition) is 1. The van der Waals surface area contributed by atoms with Crippen LogP contribution in [0.4, 0.5) is 0 Å². The lowest BCUT2D eigenvalue weighted by atomic mass is 9.77. The highest BCUT2D eigenvalue weighted by Crippen LogP contribution is 2.46. The Bertz CT molecular complexity index is 1780. The molecule has 2 aromatic rings. The van der Waals surface area contributed by atoms with Crippen molar-refractivity contribution in [3.63, 3.8) is 0 Å². The number of aromatic nitrogens is 1. The van der Waals surface area contributed by atoms with Crippen molar-refractivity contribution in [2.45, 2.75) is 102 Å². The van der Waals surface area contributed by atoms with Gasteiger partial charge in [-0.1, -0.05) is 56.6 Å². The number of Topliss-reactive ketones (excluding diaryl/α,β-unsaturated/α-hetero) is 1. The zero-order chi connectivity index (χ0) is 36.1. The smallest absolute Gasteiger partial charge is 0.307 e. The van der Waals surface area contributed by atoms with Gasteiger partial charge in [-0.05, 0) is 63.0 Å². The van der Waals surface area contributed by atoms with E-state index in [-0.39, 0.29) is 36.8 Å². The Labute approximate surface area is 293 Å². The molecule has 1 N–H and O–H groups in total. The highest BCUT2D eigenvalue weighted by atomic mass is 35.5. The van der Waals surface area contributed by atoms with Gasteiger partial charge < -0.3 is 19.7 Å². The molecule has 13 heteroatoms. The van der Waals surface area contributed by atoms with Gasteiger partial charge in [0.2, 0.25) is 17.7 Å². The molecule has 0 spiro atoms. The average molecular weight is 716 g/mol. The van der Waals surface area contributed by atoms with Gasteiger partial charge in [0.25, 0.3) is 0 Å². The fourth-order valence-electron chi connectivity index (χ4n) is 6.54. The van der Waals surface area contributed by atoms with Crippen LogP contribution in [0.1, 0.15) is 73.6 Å². The molecule has 1 aromatic carbocycles. The zero-order valence-electron chi connectivity index (χ0n) is 29.0. The van der Waals surface area contributed by atoms with Crippen LogP contribution >= 0.6 is 11.6 Å². The molecule has 2 saturated carbocycles. The van der Waals surface area contributed by atoms with Crippen LogP contribution in [0.15, 0.2) is 43.0 Å². The molecule has 3 aliphatic rings. The van der Waals surface area contributed by atoms with E-state index in [1.54, 1.807) is 26.8 Å². The second kappa shape index (κ2) is 13.3. The third kappa shape index (κ3) is 8.28. The lowest BCUT2D eigenvalue weighted by molar-refractivity contribution is -0.161. The maximum atomic E-state index is 14.5. The number of fused-ring (bicyclic) bond motifs is 1. The molecule has 0 unspecified atom stereocenters. The van der Waals surface area contributed by atoms with E-state index < -0.39 is 84.9 Å². The van der Waals surface area contributed by atoms with E-state index in [4.69, 9.17) is 21.1 Å². The van der Waals surface area contributed by atoms with Crippen LogP contribution in [0.5, 0.6) is 5.88 Å². The summed E-state index contributed by atoms with van der Waals surface area (Å²) in [6, 6.07) is 8.01. The number of likely N-dealkylation sites (tertiary alicyclic amines) is 1. The van der Waals surface area contributed by atoms with Gasteiger partial charge in [0, 0.05) is 17.7 Å². The minimum absolute atomic E-state index is 0.0117. The van der Waals surface area contributed by atoms with E-state index in [2.05, 4.69) is 16.9 Å². The molecule has 3 fully saturated rings. The summed E-state index contributed by atoms with van der Waals surface area (Å²) in [5, 5.41) is 4.03. The van der Waals surface area contributed by atoms with Gasteiger partial charge in [-0.25, -0.2) is 13.4 Å². The maximum absolute atomic E-state index is 14.5. The monoisotopic (exact) mass is 715 g/mol. The molecule has 5 atom stereocenters. The Morgan fingerprint density at radius 2 is 1.82 bits per heavy atom. The fourth-order valence-corrected chi connectivity index (χ4v) is 8.45. The topological polar surface area (TPSA) is 149 Å². The summed E-state index contributed by atoms with van der Waals surface area (Å²) >= 11 is 6.31. The summed E-state index contributed by atoms with van der Waals surface area (Å²) in [7, 11) is -3.64. The Morgan fingerprint density at radius 1 is 1.14 bits per heavy atom. The number of nitrogens with one attached hydrogen (secondary N) is 1. The molecule has 266 valence electrons. The summed E-state index contributed by atoms with van der Waals surface area (Å²) in [5.41, 5.74) is -2.89. The molecule has 5 rings (SSSR count). The third-order valence-electron chi connectivity index (χ3n) is 9.44. The normalized spacial score (nSPS) is 24.6. The molecule has 2 heterocycles. The second-order valence-electron chi connectivity index (χ2n) is 15.6. The van der Waals surface area contributed by atoms with Crippen LogP contribution in [0.2, 0.25) is 5.15 Å². The first-order chi connectivity index (χ1) is 22.7. The van der Waals surface area contributed by atoms with E-state index in [0.717, 1.165) is 5.39 Å². The van der Waals surface area contributed by atoms with Gasteiger partial charge in [-0.15, -0.1) is 6.58 Å². The molecule has 49 heavy (non-hydrogen) atoms.